The van der Waals surface area contributed by atoms with Crippen LogP contribution in [-0.4, -0.2) is 18.1 Å². The molecule has 1 aromatic heterocycles. The molecule has 0 aliphatic rings. The summed E-state index contributed by atoms with van der Waals surface area (Å²) in [4.78, 5) is 4.23. The van der Waals surface area contributed by atoms with Crippen LogP contribution < -0.4 is 11.1 Å². The standard InChI is InChI=1S/C13H25N3S/c1-2-3-4-5-6-7-9-15-10-8-12-11-17-13(14)16-12/h11,15H,2-10H2,1H3,(H2,14,16). The lowest BCUT2D eigenvalue weighted by Crippen LogP contribution is -2.18. The van der Waals surface area contributed by atoms with Crippen LogP contribution in [0.15, 0.2) is 5.38 Å². The van der Waals surface area contributed by atoms with Crippen LogP contribution >= 0.6 is 11.3 Å². The van der Waals surface area contributed by atoms with Crippen LogP contribution in [0.1, 0.15) is 51.1 Å². The van der Waals surface area contributed by atoms with Crippen LogP contribution in [0.25, 0.3) is 0 Å². The van der Waals surface area contributed by atoms with Crippen molar-refractivity contribution in [1.29, 1.82) is 0 Å². The minimum atomic E-state index is 0.677. The van der Waals surface area contributed by atoms with Crippen molar-refractivity contribution in [2.75, 3.05) is 18.8 Å². The van der Waals surface area contributed by atoms with E-state index >= 15 is 0 Å². The summed E-state index contributed by atoms with van der Waals surface area (Å²) < 4.78 is 0. The van der Waals surface area contributed by atoms with Gasteiger partial charge in [-0.15, -0.1) is 11.3 Å². The zero-order valence-electron chi connectivity index (χ0n) is 10.9. The summed E-state index contributed by atoms with van der Waals surface area (Å²) in [6, 6.07) is 0. The van der Waals surface area contributed by atoms with Crippen LogP contribution in [-0.2, 0) is 6.42 Å². The topological polar surface area (TPSA) is 50.9 Å². The average molecular weight is 255 g/mol. The van der Waals surface area contributed by atoms with Gasteiger partial charge < -0.3 is 11.1 Å². The fourth-order valence-electron chi connectivity index (χ4n) is 1.81. The van der Waals surface area contributed by atoms with Crippen molar-refractivity contribution < 1.29 is 0 Å². The Labute approximate surface area is 109 Å². The lowest BCUT2D eigenvalue weighted by molar-refractivity contribution is 0.572. The SMILES string of the molecule is CCCCCCCCNCCc1csc(N)n1. The van der Waals surface area contributed by atoms with E-state index in [2.05, 4.69) is 17.2 Å². The molecule has 0 aliphatic heterocycles. The Morgan fingerprint density at radius 2 is 1.94 bits per heavy atom. The van der Waals surface area contributed by atoms with Crippen molar-refractivity contribution in [3.05, 3.63) is 11.1 Å². The van der Waals surface area contributed by atoms with Gasteiger partial charge in [-0.25, -0.2) is 4.98 Å². The summed E-state index contributed by atoms with van der Waals surface area (Å²) in [7, 11) is 0. The highest BCUT2D eigenvalue weighted by atomic mass is 32.1. The van der Waals surface area contributed by atoms with E-state index in [0.29, 0.717) is 5.13 Å². The van der Waals surface area contributed by atoms with Gasteiger partial charge in [0.25, 0.3) is 0 Å². The maximum absolute atomic E-state index is 5.58. The third kappa shape index (κ3) is 7.34. The molecule has 1 heterocycles. The summed E-state index contributed by atoms with van der Waals surface area (Å²) in [5, 5.41) is 6.18. The first-order valence-corrected chi connectivity index (χ1v) is 7.61. The van der Waals surface area contributed by atoms with Gasteiger partial charge in [0.05, 0.1) is 5.69 Å². The number of hydrogen-bond donors (Lipinski definition) is 2. The molecule has 0 saturated heterocycles. The predicted octanol–water partition coefficient (Wildman–Crippen LogP) is 3.22. The maximum Gasteiger partial charge on any atom is 0.180 e. The normalized spacial score (nSPS) is 10.9. The first-order valence-electron chi connectivity index (χ1n) is 6.73. The highest BCUT2D eigenvalue weighted by molar-refractivity contribution is 7.13. The van der Waals surface area contributed by atoms with E-state index in [1.165, 1.54) is 49.9 Å². The molecule has 0 atom stereocenters. The van der Waals surface area contributed by atoms with Gasteiger partial charge in [0.2, 0.25) is 0 Å². The Hall–Kier alpha value is -0.610. The third-order valence-electron chi connectivity index (χ3n) is 2.83. The molecular formula is C13H25N3S. The van der Waals surface area contributed by atoms with Crippen molar-refractivity contribution in [3.8, 4) is 0 Å². The van der Waals surface area contributed by atoms with Crippen LogP contribution in [0.3, 0.4) is 0 Å². The number of nitrogens with zero attached hydrogens (tertiary/aromatic N) is 1. The quantitative estimate of drug-likeness (QED) is 0.631. The molecule has 0 unspecified atom stereocenters. The molecule has 3 N–H and O–H groups in total. The first-order chi connectivity index (χ1) is 8.33. The number of hydrogen-bond acceptors (Lipinski definition) is 4. The Balaban J connectivity index is 1.84. The van der Waals surface area contributed by atoms with Gasteiger partial charge in [0.1, 0.15) is 0 Å². The molecule has 0 aromatic carbocycles. The number of anilines is 1. The van der Waals surface area contributed by atoms with E-state index < -0.39 is 0 Å². The molecule has 1 aromatic rings. The minimum Gasteiger partial charge on any atom is -0.375 e. The zero-order chi connectivity index (χ0) is 12.3. The Morgan fingerprint density at radius 3 is 2.65 bits per heavy atom. The molecule has 1 rings (SSSR count). The molecule has 0 fully saturated rings. The molecule has 0 spiro atoms. The van der Waals surface area contributed by atoms with E-state index in [4.69, 9.17) is 5.73 Å². The molecule has 0 amide bonds. The van der Waals surface area contributed by atoms with Crippen molar-refractivity contribution >= 4 is 16.5 Å². The molecule has 98 valence electrons. The molecule has 0 saturated carbocycles. The van der Waals surface area contributed by atoms with Crippen LogP contribution in [0.5, 0.6) is 0 Å². The maximum atomic E-state index is 5.58. The smallest absolute Gasteiger partial charge is 0.180 e. The Morgan fingerprint density at radius 1 is 1.18 bits per heavy atom. The molecule has 17 heavy (non-hydrogen) atoms. The van der Waals surface area contributed by atoms with E-state index in [1.54, 1.807) is 0 Å². The molecule has 3 nitrogen and oxygen atoms in total. The fraction of sp³-hybridized carbons (Fsp3) is 0.769. The van der Waals surface area contributed by atoms with Crippen molar-refractivity contribution in [1.82, 2.24) is 10.3 Å². The lowest BCUT2D eigenvalue weighted by atomic mass is 10.1. The van der Waals surface area contributed by atoms with E-state index in [0.717, 1.165) is 25.2 Å². The Kier molecular flexibility index (Phi) is 8.01. The van der Waals surface area contributed by atoms with Crippen molar-refractivity contribution in [3.63, 3.8) is 0 Å². The van der Waals surface area contributed by atoms with Crippen molar-refractivity contribution in [2.45, 2.75) is 51.9 Å². The number of nitrogens with one attached hydrogen (secondary N) is 1. The number of thiazole rings is 1. The number of nitrogens with two attached hydrogens (primary N) is 1. The highest BCUT2D eigenvalue weighted by Gasteiger charge is 1.97. The number of rotatable bonds is 10. The van der Waals surface area contributed by atoms with Crippen LogP contribution in [0, 0.1) is 0 Å². The Bertz CT molecular complexity index is 286. The summed E-state index contributed by atoms with van der Waals surface area (Å²) in [5.41, 5.74) is 6.69. The summed E-state index contributed by atoms with van der Waals surface area (Å²) in [6.07, 6.45) is 9.14. The molecular weight excluding hydrogens is 230 g/mol. The van der Waals surface area contributed by atoms with E-state index in [9.17, 15) is 0 Å². The summed E-state index contributed by atoms with van der Waals surface area (Å²) in [5.74, 6) is 0. The number of unbranched alkanes of at least 4 members (excludes halogenated alkanes) is 5. The van der Waals surface area contributed by atoms with Gasteiger partial charge in [-0.3, -0.25) is 0 Å². The van der Waals surface area contributed by atoms with E-state index in [-0.39, 0.29) is 0 Å². The number of nitrogen functional groups attached to an aromatic ring is 1. The number of aromatic nitrogens is 1. The third-order valence-corrected chi connectivity index (χ3v) is 3.56. The molecule has 0 aliphatic carbocycles. The second kappa shape index (κ2) is 9.42. The first kappa shape index (κ1) is 14.5. The van der Waals surface area contributed by atoms with Gasteiger partial charge in [0.15, 0.2) is 5.13 Å². The largest absolute Gasteiger partial charge is 0.375 e. The van der Waals surface area contributed by atoms with Gasteiger partial charge >= 0.3 is 0 Å². The molecule has 4 heteroatoms. The van der Waals surface area contributed by atoms with Gasteiger partial charge in [-0.1, -0.05) is 39.0 Å². The van der Waals surface area contributed by atoms with Crippen LogP contribution in [0.4, 0.5) is 5.13 Å². The average Bonchev–Trinajstić information content (AvgIpc) is 2.73. The minimum absolute atomic E-state index is 0.677. The van der Waals surface area contributed by atoms with Gasteiger partial charge in [-0.2, -0.15) is 0 Å². The molecule has 0 radical (unpaired) electrons. The van der Waals surface area contributed by atoms with Crippen LogP contribution in [0.2, 0.25) is 0 Å². The van der Waals surface area contributed by atoms with Gasteiger partial charge in [-0.05, 0) is 13.0 Å². The molecule has 0 bridgehead atoms. The monoisotopic (exact) mass is 255 g/mol. The van der Waals surface area contributed by atoms with E-state index in [1.807, 2.05) is 5.38 Å². The lowest BCUT2D eigenvalue weighted by Gasteiger charge is -2.03. The van der Waals surface area contributed by atoms with Crippen molar-refractivity contribution in [2.24, 2.45) is 0 Å². The summed E-state index contributed by atoms with van der Waals surface area (Å²) >= 11 is 1.52. The highest BCUT2D eigenvalue weighted by Crippen LogP contribution is 2.10. The van der Waals surface area contributed by atoms with Gasteiger partial charge in [0, 0.05) is 18.3 Å². The zero-order valence-corrected chi connectivity index (χ0v) is 11.7. The summed E-state index contributed by atoms with van der Waals surface area (Å²) in [6.45, 7) is 4.40. The second-order valence-electron chi connectivity index (χ2n) is 4.44. The fourth-order valence-corrected chi connectivity index (χ4v) is 2.41. The predicted molar refractivity (Wildman–Crippen MR) is 76.5 cm³/mol. The second-order valence-corrected chi connectivity index (χ2v) is 5.33.